The van der Waals surface area contributed by atoms with Crippen molar-refractivity contribution >= 4 is 5.84 Å². The van der Waals surface area contributed by atoms with Crippen LogP contribution in [0.3, 0.4) is 0 Å². The van der Waals surface area contributed by atoms with E-state index in [1.54, 1.807) is 0 Å². The summed E-state index contributed by atoms with van der Waals surface area (Å²) < 4.78 is 0. The van der Waals surface area contributed by atoms with Crippen molar-refractivity contribution < 1.29 is 0 Å². The van der Waals surface area contributed by atoms with Crippen molar-refractivity contribution in [2.45, 2.75) is 39.8 Å². The molecule has 0 aliphatic carbocycles. The molecule has 1 aliphatic rings. The van der Waals surface area contributed by atoms with Crippen LogP contribution in [0.25, 0.3) is 0 Å². The number of nitrogens with zero attached hydrogens (tertiary/aromatic N) is 2. The molecule has 0 spiro atoms. The second kappa shape index (κ2) is 2.84. The van der Waals surface area contributed by atoms with Gasteiger partial charge in [-0.1, -0.05) is 13.8 Å². The molecule has 0 radical (unpaired) electrons. The largest absolute Gasteiger partial charge is 0.358 e. The fourth-order valence-electron chi connectivity index (χ4n) is 1.50. The molecule has 0 aromatic heterocycles. The number of likely N-dealkylation sites (N-methyl/N-ethyl adjacent to an activating group) is 1. The molecular weight excluding hydrogens is 136 g/mol. The number of rotatable bonds is 1. The average Bonchev–Trinajstić information content (AvgIpc) is 2.17. The maximum Gasteiger partial charge on any atom is 0.102 e. The van der Waals surface area contributed by atoms with E-state index in [1.807, 2.05) is 0 Å². The van der Waals surface area contributed by atoms with Gasteiger partial charge in [-0.3, -0.25) is 4.99 Å². The summed E-state index contributed by atoms with van der Waals surface area (Å²) in [5, 5.41) is 0. The van der Waals surface area contributed by atoms with Crippen molar-refractivity contribution in [1.29, 1.82) is 0 Å². The first-order valence-electron chi connectivity index (χ1n) is 4.34. The summed E-state index contributed by atoms with van der Waals surface area (Å²) in [6.07, 6.45) is 0. The van der Waals surface area contributed by atoms with Crippen molar-refractivity contribution in [3.05, 3.63) is 0 Å². The van der Waals surface area contributed by atoms with Crippen LogP contribution in [0.1, 0.15) is 27.7 Å². The summed E-state index contributed by atoms with van der Waals surface area (Å²) >= 11 is 0. The monoisotopic (exact) mass is 154 g/mol. The zero-order valence-corrected chi connectivity index (χ0v) is 8.13. The molecule has 1 rings (SSSR count). The van der Waals surface area contributed by atoms with Gasteiger partial charge in [0.15, 0.2) is 0 Å². The van der Waals surface area contributed by atoms with Crippen molar-refractivity contribution in [3.63, 3.8) is 0 Å². The van der Waals surface area contributed by atoms with Gasteiger partial charge in [0, 0.05) is 19.0 Å². The Morgan fingerprint density at radius 3 is 2.09 bits per heavy atom. The van der Waals surface area contributed by atoms with Crippen LogP contribution in [0.2, 0.25) is 0 Å². The van der Waals surface area contributed by atoms with Crippen LogP contribution in [0.5, 0.6) is 0 Å². The van der Waals surface area contributed by atoms with Crippen LogP contribution in [0.15, 0.2) is 4.99 Å². The molecule has 0 aromatic rings. The second-order valence-electron chi connectivity index (χ2n) is 3.73. The van der Waals surface area contributed by atoms with Gasteiger partial charge in [-0.25, -0.2) is 0 Å². The van der Waals surface area contributed by atoms with Crippen molar-refractivity contribution in [1.82, 2.24) is 4.90 Å². The first-order valence-corrected chi connectivity index (χ1v) is 4.34. The van der Waals surface area contributed by atoms with Gasteiger partial charge in [0.25, 0.3) is 0 Å². The maximum absolute atomic E-state index is 4.59. The Balaban J connectivity index is 2.75. The Morgan fingerprint density at radius 1 is 1.36 bits per heavy atom. The molecule has 1 aliphatic heterocycles. The smallest absolute Gasteiger partial charge is 0.102 e. The van der Waals surface area contributed by atoms with E-state index in [0.717, 1.165) is 0 Å². The molecule has 2 atom stereocenters. The van der Waals surface area contributed by atoms with Gasteiger partial charge in [-0.15, -0.1) is 0 Å². The minimum Gasteiger partial charge on any atom is -0.358 e. The maximum atomic E-state index is 4.59. The fraction of sp³-hybridized carbons (Fsp3) is 0.889. The highest BCUT2D eigenvalue weighted by molar-refractivity contribution is 5.86. The highest BCUT2D eigenvalue weighted by Crippen LogP contribution is 2.18. The highest BCUT2D eigenvalue weighted by Gasteiger charge is 2.27. The normalized spacial score (nSPS) is 31.5. The average molecular weight is 154 g/mol. The molecule has 2 nitrogen and oxygen atoms in total. The second-order valence-corrected chi connectivity index (χ2v) is 3.73. The lowest BCUT2D eigenvalue weighted by Gasteiger charge is -2.23. The molecule has 0 saturated heterocycles. The summed E-state index contributed by atoms with van der Waals surface area (Å²) in [5.74, 6) is 1.82. The van der Waals surface area contributed by atoms with Crippen molar-refractivity contribution in [2.24, 2.45) is 10.9 Å². The summed E-state index contributed by atoms with van der Waals surface area (Å²) in [7, 11) is 2.13. The van der Waals surface area contributed by atoms with E-state index in [0.29, 0.717) is 18.0 Å². The van der Waals surface area contributed by atoms with E-state index in [4.69, 9.17) is 0 Å². The summed E-state index contributed by atoms with van der Waals surface area (Å²) in [6.45, 7) is 8.79. The molecular formula is C9H18N2. The molecule has 1 heterocycles. The number of hydrogen-bond acceptors (Lipinski definition) is 2. The molecule has 11 heavy (non-hydrogen) atoms. The lowest BCUT2D eigenvalue weighted by atomic mass is 10.1. The Hall–Kier alpha value is -0.530. The summed E-state index contributed by atoms with van der Waals surface area (Å²) in [5.41, 5.74) is 0. The van der Waals surface area contributed by atoms with Gasteiger partial charge in [0.05, 0.1) is 6.04 Å². The van der Waals surface area contributed by atoms with Crippen molar-refractivity contribution in [3.8, 4) is 0 Å². The minimum absolute atomic E-state index is 0.470. The van der Waals surface area contributed by atoms with Gasteiger partial charge in [0.2, 0.25) is 0 Å². The van der Waals surface area contributed by atoms with Crippen LogP contribution in [0, 0.1) is 5.92 Å². The lowest BCUT2D eigenvalue weighted by Crippen LogP contribution is -2.35. The zero-order valence-electron chi connectivity index (χ0n) is 8.13. The standard InChI is InChI=1S/C9H18N2/c1-6(2)9-10-7(3)8(4)11(9)5/h6-8H,1-5H3. The van der Waals surface area contributed by atoms with E-state index in [-0.39, 0.29) is 0 Å². The third-order valence-corrected chi connectivity index (χ3v) is 2.52. The van der Waals surface area contributed by atoms with E-state index >= 15 is 0 Å². The van der Waals surface area contributed by atoms with Crippen LogP contribution in [-0.2, 0) is 0 Å². The zero-order chi connectivity index (χ0) is 8.59. The predicted molar refractivity (Wildman–Crippen MR) is 49.0 cm³/mol. The van der Waals surface area contributed by atoms with Gasteiger partial charge in [-0.2, -0.15) is 0 Å². The Morgan fingerprint density at radius 2 is 1.91 bits per heavy atom. The third-order valence-electron chi connectivity index (χ3n) is 2.52. The molecule has 0 saturated carbocycles. The van der Waals surface area contributed by atoms with E-state index < -0.39 is 0 Å². The van der Waals surface area contributed by atoms with Crippen LogP contribution >= 0.6 is 0 Å². The topological polar surface area (TPSA) is 15.6 Å². The fourth-order valence-corrected chi connectivity index (χ4v) is 1.50. The molecule has 0 bridgehead atoms. The summed E-state index contributed by atoms with van der Waals surface area (Å²) in [4.78, 5) is 6.88. The quantitative estimate of drug-likeness (QED) is 0.562. The van der Waals surface area contributed by atoms with Gasteiger partial charge in [0.1, 0.15) is 5.84 Å². The molecule has 2 unspecified atom stereocenters. The third kappa shape index (κ3) is 1.39. The SMILES string of the molecule is CC(C)C1=NC(C)C(C)N1C. The van der Waals surface area contributed by atoms with Gasteiger partial charge >= 0.3 is 0 Å². The predicted octanol–water partition coefficient (Wildman–Crippen LogP) is 1.76. The van der Waals surface area contributed by atoms with Crippen LogP contribution < -0.4 is 0 Å². The molecule has 0 fully saturated rings. The first-order chi connectivity index (χ1) is 5.04. The van der Waals surface area contributed by atoms with E-state index in [1.165, 1.54) is 5.84 Å². The van der Waals surface area contributed by atoms with Gasteiger partial charge in [-0.05, 0) is 13.8 Å². The van der Waals surface area contributed by atoms with Crippen LogP contribution in [-0.4, -0.2) is 29.9 Å². The molecule has 2 heteroatoms. The number of amidine groups is 1. The van der Waals surface area contributed by atoms with E-state index in [9.17, 15) is 0 Å². The highest BCUT2D eigenvalue weighted by atomic mass is 15.3. The Labute approximate surface area is 69.3 Å². The number of aliphatic imine (C=N–C) groups is 1. The minimum atomic E-state index is 0.470. The molecule has 0 N–H and O–H groups in total. The Kier molecular flexibility index (Phi) is 2.21. The Bertz CT molecular complexity index is 172. The molecule has 64 valence electrons. The molecule has 0 aromatic carbocycles. The summed E-state index contributed by atoms with van der Waals surface area (Å²) in [6, 6.07) is 1.05. The van der Waals surface area contributed by atoms with E-state index in [2.05, 4.69) is 44.6 Å². The first kappa shape index (κ1) is 8.57. The van der Waals surface area contributed by atoms with Gasteiger partial charge < -0.3 is 4.90 Å². The lowest BCUT2D eigenvalue weighted by molar-refractivity contribution is 0.378. The van der Waals surface area contributed by atoms with Crippen molar-refractivity contribution in [2.75, 3.05) is 7.05 Å². The number of hydrogen-bond donors (Lipinski definition) is 0. The van der Waals surface area contributed by atoms with Crippen LogP contribution in [0.4, 0.5) is 0 Å². The molecule has 0 amide bonds.